The second-order valence-corrected chi connectivity index (χ2v) is 7.51. The number of carboxylic acids is 1. The number of hydrogen-bond acceptors (Lipinski definition) is 3. The quantitative estimate of drug-likeness (QED) is 0.833. The highest BCUT2D eigenvalue weighted by Crippen LogP contribution is 2.31. The molecule has 21 heavy (non-hydrogen) atoms. The normalized spacial score (nSPS) is 12.2. The molecule has 1 heterocycles. The molecule has 1 aromatic carbocycles. The predicted octanol–water partition coefficient (Wildman–Crippen LogP) is 4.37. The molecule has 0 aliphatic rings. The van der Waals surface area contributed by atoms with E-state index in [1.54, 1.807) is 0 Å². The first kappa shape index (κ1) is 16.0. The van der Waals surface area contributed by atoms with E-state index in [1.807, 2.05) is 24.3 Å². The summed E-state index contributed by atoms with van der Waals surface area (Å²) in [5.41, 5.74) is 1.09. The fraction of sp³-hybridized carbons (Fsp3) is 0.471. The van der Waals surface area contributed by atoms with Crippen molar-refractivity contribution < 1.29 is 9.90 Å². The highest BCUT2D eigenvalue weighted by atomic mass is 32.1. The molecule has 0 saturated carbocycles. The van der Waals surface area contributed by atoms with E-state index in [-0.39, 0.29) is 5.41 Å². The number of benzene rings is 1. The number of rotatable bonds is 6. The standard InChI is InChI=1S/C17H23NO2S/c1-11(2)17(3,4)10-18-9-13-12-7-5-6-8-14(12)21-15(13)16(19)20/h5-8,11,18H,9-10H2,1-4H3,(H,19,20). The Bertz CT molecular complexity index is 643. The smallest absolute Gasteiger partial charge is 0.346 e. The van der Waals surface area contributed by atoms with Crippen LogP contribution >= 0.6 is 11.3 Å². The minimum atomic E-state index is -0.837. The van der Waals surface area contributed by atoms with Gasteiger partial charge in [-0.15, -0.1) is 11.3 Å². The van der Waals surface area contributed by atoms with Crippen molar-refractivity contribution in [3.8, 4) is 0 Å². The van der Waals surface area contributed by atoms with Crippen molar-refractivity contribution in [2.24, 2.45) is 11.3 Å². The Labute approximate surface area is 130 Å². The van der Waals surface area contributed by atoms with Crippen molar-refractivity contribution in [2.45, 2.75) is 34.2 Å². The van der Waals surface area contributed by atoms with Crippen LogP contribution in [0, 0.1) is 11.3 Å². The molecule has 2 aromatic rings. The summed E-state index contributed by atoms with van der Waals surface area (Å²) in [6, 6.07) is 7.89. The van der Waals surface area contributed by atoms with Crippen molar-refractivity contribution >= 4 is 27.4 Å². The van der Waals surface area contributed by atoms with E-state index in [1.165, 1.54) is 11.3 Å². The zero-order chi connectivity index (χ0) is 15.6. The zero-order valence-corrected chi connectivity index (χ0v) is 13.9. The van der Waals surface area contributed by atoms with Crippen molar-refractivity contribution in [1.29, 1.82) is 0 Å². The summed E-state index contributed by atoms with van der Waals surface area (Å²) in [6.45, 7) is 10.4. The Balaban J connectivity index is 2.21. The highest BCUT2D eigenvalue weighted by Gasteiger charge is 2.23. The number of fused-ring (bicyclic) bond motifs is 1. The van der Waals surface area contributed by atoms with Gasteiger partial charge in [0.25, 0.3) is 0 Å². The van der Waals surface area contributed by atoms with Crippen LogP contribution in [-0.2, 0) is 6.54 Å². The summed E-state index contributed by atoms with van der Waals surface area (Å²) in [6.07, 6.45) is 0. The van der Waals surface area contributed by atoms with Crippen LogP contribution in [0.2, 0.25) is 0 Å². The molecular weight excluding hydrogens is 282 g/mol. The van der Waals surface area contributed by atoms with E-state index in [0.29, 0.717) is 17.3 Å². The maximum Gasteiger partial charge on any atom is 0.346 e. The Morgan fingerprint density at radius 3 is 2.62 bits per heavy atom. The van der Waals surface area contributed by atoms with Gasteiger partial charge in [0.05, 0.1) is 0 Å². The second kappa shape index (κ2) is 6.16. The average Bonchev–Trinajstić information content (AvgIpc) is 2.78. The first-order chi connectivity index (χ1) is 9.83. The Morgan fingerprint density at radius 2 is 2.00 bits per heavy atom. The van der Waals surface area contributed by atoms with E-state index in [0.717, 1.165) is 22.2 Å². The first-order valence-electron chi connectivity index (χ1n) is 7.27. The van der Waals surface area contributed by atoms with E-state index >= 15 is 0 Å². The van der Waals surface area contributed by atoms with E-state index in [2.05, 4.69) is 33.0 Å². The fourth-order valence-electron chi connectivity index (χ4n) is 2.16. The van der Waals surface area contributed by atoms with Gasteiger partial charge in [-0.1, -0.05) is 45.9 Å². The molecule has 2 rings (SSSR count). The highest BCUT2D eigenvalue weighted by molar-refractivity contribution is 7.21. The molecule has 0 saturated heterocycles. The van der Waals surface area contributed by atoms with Gasteiger partial charge in [-0.25, -0.2) is 4.79 Å². The predicted molar refractivity (Wildman–Crippen MR) is 89.1 cm³/mol. The van der Waals surface area contributed by atoms with E-state index in [4.69, 9.17) is 0 Å². The molecule has 0 atom stereocenters. The summed E-state index contributed by atoms with van der Waals surface area (Å²) in [4.78, 5) is 11.9. The van der Waals surface area contributed by atoms with Crippen LogP contribution in [0.4, 0.5) is 0 Å². The Morgan fingerprint density at radius 1 is 1.33 bits per heavy atom. The van der Waals surface area contributed by atoms with Gasteiger partial charge in [-0.3, -0.25) is 0 Å². The average molecular weight is 305 g/mol. The lowest BCUT2D eigenvalue weighted by Crippen LogP contribution is -2.33. The first-order valence-corrected chi connectivity index (χ1v) is 8.09. The van der Waals surface area contributed by atoms with Crippen molar-refractivity contribution in [1.82, 2.24) is 5.32 Å². The summed E-state index contributed by atoms with van der Waals surface area (Å²) in [5, 5.41) is 13.9. The van der Waals surface area contributed by atoms with Crippen LogP contribution in [0.15, 0.2) is 24.3 Å². The molecule has 0 aliphatic heterocycles. The van der Waals surface area contributed by atoms with E-state index < -0.39 is 5.97 Å². The number of hydrogen-bond donors (Lipinski definition) is 2. The third-order valence-electron chi connectivity index (χ3n) is 4.34. The van der Waals surface area contributed by atoms with E-state index in [9.17, 15) is 9.90 Å². The van der Waals surface area contributed by atoms with Crippen molar-refractivity contribution in [3.63, 3.8) is 0 Å². The Hall–Kier alpha value is -1.39. The SMILES string of the molecule is CC(C)C(C)(C)CNCc1c(C(=O)O)sc2ccccc12. The van der Waals surface area contributed by atoms with Gasteiger partial charge in [0.1, 0.15) is 4.88 Å². The van der Waals surface area contributed by atoms with Gasteiger partial charge in [0, 0.05) is 17.8 Å². The van der Waals surface area contributed by atoms with Crippen LogP contribution in [-0.4, -0.2) is 17.6 Å². The van der Waals surface area contributed by atoms with Gasteiger partial charge in [0.2, 0.25) is 0 Å². The van der Waals surface area contributed by atoms with Crippen molar-refractivity contribution in [3.05, 3.63) is 34.7 Å². The number of thiophene rings is 1. The number of carboxylic acid groups (broad SMARTS) is 1. The molecule has 3 nitrogen and oxygen atoms in total. The van der Waals surface area contributed by atoms with Crippen LogP contribution in [0.3, 0.4) is 0 Å². The zero-order valence-electron chi connectivity index (χ0n) is 13.1. The lowest BCUT2D eigenvalue weighted by Gasteiger charge is -2.29. The molecule has 0 fully saturated rings. The maximum atomic E-state index is 11.4. The van der Waals surface area contributed by atoms with Crippen LogP contribution in [0.25, 0.3) is 10.1 Å². The molecule has 0 spiro atoms. The number of aromatic carboxylic acids is 1. The summed E-state index contributed by atoms with van der Waals surface area (Å²) < 4.78 is 1.04. The Kier molecular flexibility index (Phi) is 4.69. The minimum Gasteiger partial charge on any atom is -0.477 e. The van der Waals surface area contributed by atoms with Crippen LogP contribution in [0.5, 0.6) is 0 Å². The third-order valence-corrected chi connectivity index (χ3v) is 5.54. The molecule has 114 valence electrons. The monoisotopic (exact) mass is 305 g/mol. The van der Waals surface area contributed by atoms with Gasteiger partial charge >= 0.3 is 5.97 Å². The minimum absolute atomic E-state index is 0.190. The van der Waals surface area contributed by atoms with Crippen molar-refractivity contribution in [2.75, 3.05) is 6.54 Å². The number of carbonyl (C=O) groups is 1. The number of nitrogens with one attached hydrogen (secondary N) is 1. The molecule has 2 N–H and O–H groups in total. The molecule has 4 heteroatoms. The lowest BCUT2D eigenvalue weighted by atomic mass is 9.81. The molecule has 0 aliphatic carbocycles. The summed E-state index contributed by atoms with van der Waals surface area (Å²) in [5.74, 6) is -0.265. The summed E-state index contributed by atoms with van der Waals surface area (Å²) >= 11 is 1.36. The topological polar surface area (TPSA) is 49.3 Å². The van der Waals surface area contributed by atoms with Crippen LogP contribution < -0.4 is 5.32 Å². The summed E-state index contributed by atoms with van der Waals surface area (Å²) in [7, 11) is 0. The van der Waals surface area contributed by atoms with Crippen LogP contribution in [0.1, 0.15) is 42.9 Å². The second-order valence-electron chi connectivity index (χ2n) is 6.46. The van der Waals surface area contributed by atoms with Gasteiger partial charge in [0.15, 0.2) is 0 Å². The molecule has 0 unspecified atom stereocenters. The molecule has 0 radical (unpaired) electrons. The largest absolute Gasteiger partial charge is 0.477 e. The lowest BCUT2D eigenvalue weighted by molar-refractivity contribution is 0.0701. The molecular formula is C17H23NO2S. The van der Waals surface area contributed by atoms with Gasteiger partial charge in [-0.05, 0) is 28.3 Å². The maximum absolute atomic E-state index is 11.4. The molecule has 0 amide bonds. The van der Waals surface area contributed by atoms with Gasteiger partial charge < -0.3 is 10.4 Å². The van der Waals surface area contributed by atoms with Gasteiger partial charge in [-0.2, -0.15) is 0 Å². The molecule has 1 aromatic heterocycles. The third kappa shape index (κ3) is 3.44. The molecule has 0 bridgehead atoms. The fourth-order valence-corrected chi connectivity index (χ4v) is 3.22.